The number of amides is 3. The summed E-state index contributed by atoms with van der Waals surface area (Å²) < 4.78 is 4.48. The normalized spacial score (nSPS) is 9.40. The molecule has 0 radical (unpaired) electrons. The Morgan fingerprint density at radius 1 is 1.13 bits per heavy atom. The molecule has 0 fully saturated rings. The molecule has 3 amide bonds. The van der Waals surface area contributed by atoms with Crippen molar-refractivity contribution in [2.24, 2.45) is 11.5 Å². The predicted octanol–water partition coefficient (Wildman–Crippen LogP) is -2.61. The van der Waals surface area contributed by atoms with Crippen LogP contribution in [0.3, 0.4) is 0 Å². The highest BCUT2D eigenvalue weighted by atomic mass is 16.6. The van der Waals surface area contributed by atoms with Crippen LogP contribution in [0.25, 0.3) is 0 Å². The highest BCUT2D eigenvalue weighted by Crippen LogP contribution is 1.93. The van der Waals surface area contributed by atoms with Crippen LogP contribution in [0, 0.1) is 0 Å². The number of aliphatic hydroxyl groups excluding tert-OH is 1. The molecule has 5 N–H and O–H groups in total. The molecule has 0 spiro atoms. The number of nitrogens with two attached hydrogens (primary N) is 2. The third-order valence-corrected chi connectivity index (χ3v) is 1.27. The van der Waals surface area contributed by atoms with Gasteiger partial charge in [-0.1, -0.05) is 0 Å². The lowest BCUT2D eigenvalue weighted by Crippen LogP contribution is -2.43. The number of hydrogen-bond acceptors (Lipinski definition) is 5. The van der Waals surface area contributed by atoms with Crippen molar-refractivity contribution in [3.63, 3.8) is 0 Å². The summed E-state index contributed by atoms with van der Waals surface area (Å²) in [5.74, 6) is -1.59. The van der Waals surface area contributed by atoms with E-state index in [1.807, 2.05) is 0 Å². The first kappa shape index (κ1) is 13.2. The van der Waals surface area contributed by atoms with Crippen LogP contribution < -0.4 is 11.5 Å². The zero-order chi connectivity index (χ0) is 11.8. The van der Waals surface area contributed by atoms with Gasteiger partial charge in [0.05, 0.1) is 6.61 Å². The number of carbonyl (C=O) groups is 3. The van der Waals surface area contributed by atoms with Gasteiger partial charge in [0.1, 0.15) is 19.7 Å². The average molecular weight is 219 g/mol. The molecule has 0 heterocycles. The molecule has 86 valence electrons. The molecular weight excluding hydrogens is 206 g/mol. The zero-order valence-electron chi connectivity index (χ0n) is 8.01. The van der Waals surface area contributed by atoms with Crippen molar-refractivity contribution < 1.29 is 24.2 Å². The second-order valence-corrected chi connectivity index (χ2v) is 2.63. The monoisotopic (exact) mass is 219 g/mol. The molecular formula is C7H13N3O5. The van der Waals surface area contributed by atoms with E-state index in [1.165, 1.54) is 0 Å². The number of primary amides is 2. The summed E-state index contributed by atoms with van der Waals surface area (Å²) in [6.07, 6.45) is -0.929. The van der Waals surface area contributed by atoms with Gasteiger partial charge in [0.15, 0.2) is 0 Å². The molecule has 8 heteroatoms. The minimum atomic E-state index is -0.929. The number of ether oxygens (including phenoxy) is 1. The summed E-state index contributed by atoms with van der Waals surface area (Å²) in [6.45, 7) is -1.51. The van der Waals surface area contributed by atoms with Crippen LogP contribution in [0.15, 0.2) is 0 Å². The molecule has 0 unspecified atom stereocenters. The van der Waals surface area contributed by atoms with Gasteiger partial charge >= 0.3 is 6.09 Å². The van der Waals surface area contributed by atoms with E-state index in [9.17, 15) is 14.4 Å². The molecule has 8 nitrogen and oxygen atoms in total. The molecule has 0 aliphatic rings. The number of rotatable bonds is 6. The van der Waals surface area contributed by atoms with Gasteiger partial charge in [-0.2, -0.15) is 0 Å². The van der Waals surface area contributed by atoms with E-state index in [1.54, 1.807) is 0 Å². The maximum Gasteiger partial charge on any atom is 0.410 e. The number of carbonyl (C=O) groups excluding carboxylic acids is 3. The summed E-state index contributed by atoms with van der Waals surface area (Å²) in [4.78, 5) is 33.0. The van der Waals surface area contributed by atoms with Gasteiger partial charge in [-0.25, -0.2) is 4.79 Å². The SMILES string of the molecule is NC(=O)CN(CC(N)=O)C(=O)OCCO. The zero-order valence-corrected chi connectivity index (χ0v) is 8.01. The van der Waals surface area contributed by atoms with E-state index in [0.717, 1.165) is 4.90 Å². The first-order valence-electron chi connectivity index (χ1n) is 4.06. The van der Waals surface area contributed by atoms with Crippen LogP contribution in [-0.2, 0) is 14.3 Å². The fourth-order valence-electron chi connectivity index (χ4n) is 0.785. The Bertz CT molecular complexity index is 239. The van der Waals surface area contributed by atoms with Crippen molar-refractivity contribution in [2.45, 2.75) is 0 Å². The maximum atomic E-state index is 11.2. The molecule has 0 aromatic carbocycles. The Kier molecular flexibility index (Phi) is 5.79. The third-order valence-electron chi connectivity index (χ3n) is 1.27. The second-order valence-electron chi connectivity index (χ2n) is 2.63. The van der Waals surface area contributed by atoms with Gasteiger partial charge in [-0.3, -0.25) is 14.5 Å². The van der Waals surface area contributed by atoms with E-state index >= 15 is 0 Å². The van der Waals surface area contributed by atoms with Crippen molar-refractivity contribution >= 4 is 17.9 Å². The van der Waals surface area contributed by atoms with Crippen molar-refractivity contribution in [1.29, 1.82) is 0 Å². The lowest BCUT2D eigenvalue weighted by atomic mass is 10.4. The standard InChI is InChI=1S/C7H13N3O5/c8-5(12)3-10(4-6(9)13)7(14)15-2-1-11/h11H,1-4H2,(H2,8,12)(H2,9,13). The lowest BCUT2D eigenvalue weighted by Gasteiger charge is -2.18. The van der Waals surface area contributed by atoms with Gasteiger partial charge in [0, 0.05) is 0 Å². The second kappa shape index (κ2) is 6.60. The van der Waals surface area contributed by atoms with Crippen LogP contribution >= 0.6 is 0 Å². The molecule has 0 rings (SSSR count). The molecule has 0 aliphatic heterocycles. The fraction of sp³-hybridized carbons (Fsp3) is 0.571. The average Bonchev–Trinajstić information content (AvgIpc) is 2.11. The molecule has 0 aromatic rings. The molecule has 0 saturated carbocycles. The molecule has 0 aliphatic carbocycles. The molecule has 0 atom stereocenters. The first-order valence-corrected chi connectivity index (χ1v) is 4.06. The van der Waals surface area contributed by atoms with Crippen LogP contribution in [0.2, 0.25) is 0 Å². The van der Waals surface area contributed by atoms with E-state index < -0.39 is 31.0 Å². The quantitative estimate of drug-likeness (QED) is 0.449. The van der Waals surface area contributed by atoms with Crippen molar-refractivity contribution in [1.82, 2.24) is 4.90 Å². The number of nitrogens with zero attached hydrogens (tertiary/aromatic N) is 1. The number of aliphatic hydroxyl groups is 1. The first-order chi connectivity index (χ1) is 6.97. The van der Waals surface area contributed by atoms with E-state index in [-0.39, 0.29) is 13.2 Å². The van der Waals surface area contributed by atoms with Crippen LogP contribution in [-0.4, -0.2) is 54.2 Å². The highest BCUT2D eigenvalue weighted by molar-refractivity contribution is 5.85. The minimum absolute atomic E-state index is 0.229. The summed E-state index contributed by atoms with van der Waals surface area (Å²) in [7, 11) is 0. The van der Waals surface area contributed by atoms with Gasteiger partial charge in [-0.15, -0.1) is 0 Å². The van der Waals surface area contributed by atoms with E-state index in [2.05, 4.69) is 4.74 Å². The Labute approximate surface area is 85.8 Å². The largest absolute Gasteiger partial charge is 0.447 e. The van der Waals surface area contributed by atoms with Gasteiger partial charge in [0.2, 0.25) is 11.8 Å². The van der Waals surface area contributed by atoms with Crippen molar-refractivity contribution in [3.05, 3.63) is 0 Å². The Balaban J connectivity index is 4.26. The molecule has 15 heavy (non-hydrogen) atoms. The van der Waals surface area contributed by atoms with Crippen LogP contribution in [0.5, 0.6) is 0 Å². The van der Waals surface area contributed by atoms with Crippen LogP contribution in [0.1, 0.15) is 0 Å². The lowest BCUT2D eigenvalue weighted by molar-refractivity contribution is -0.121. The van der Waals surface area contributed by atoms with Gasteiger partial charge in [0.25, 0.3) is 0 Å². The van der Waals surface area contributed by atoms with E-state index in [4.69, 9.17) is 16.6 Å². The predicted molar refractivity (Wildman–Crippen MR) is 48.4 cm³/mol. The maximum absolute atomic E-state index is 11.2. The molecule has 0 bridgehead atoms. The van der Waals surface area contributed by atoms with Gasteiger partial charge < -0.3 is 21.3 Å². The Morgan fingerprint density at radius 2 is 1.60 bits per heavy atom. The van der Waals surface area contributed by atoms with Crippen molar-refractivity contribution in [2.75, 3.05) is 26.3 Å². The van der Waals surface area contributed by atoms with Crippen molar-refractivity contribution in [3.8, 4) is 0 Å². The fourth-order valence-corrected chi connectivity index (χ4v) is 0.785. The summed E-state index contributed by atoms with van der Waals surface area (Å²) in [6, 6.07) is 0. The Morgan fingerprint density at radius 3 is 1.93 bits per heavy atom. The topological polar surface area (TPSA) is 136 Å². The Hall–Kier alpha value is -1.83. The highest BCUT2D eigenvalue weighted by Gasteiger charge is 2.18. The minimum Gasteiger partial charge on any atom is -0.447 e. The summed E-state index contributed by atoms with van der Waals surface area (Å²) in [5, 5.41) is 8.38. The summed E-state index contributed by atoms with van der Waals surface area (Å²) >= 11 is 0. The van der Waals surface area contributed by atoms with E-state index in [0.29, 0.717) is 0 Å². The van der Waals surface area contributed by atoms with Gasteiger partial charge in [-0.05, 0) is 0 Å². The molecule has 0 saturated heterocycles. The summed E-state index contributed by atoms with van der Waals surface area (Å²) in [5.41, 5.74) is 9.69. The third kappa shape index (κ3) is 6.27. The smallest absolute Gasteiger partial charge is 0.410 e. The number of hydrogen-bond donors (Lipinski definition) is 3. The van der Waals surface area contributed by atoms with Crippen LogP contribution in [0.4, 0.5) is 4.79 Å². The molecule has 0 aromatic heterocycles.